The number of fused-ring (bicyclic) bond motifs is 1. The first-order valence-corrected chi connectivity index (χ1v) is 5.85. The molecular formula is C12H8BrClO. The van der Waals surface area contributed by atoms with Gasteiger partial charge in [-0.05, 0) is 10.8 Å². The zero-order valence-corrected chi connectivity index (χ0v) is 10.1. The lowest BCUT2D eigenvalue weighted by molar-refractivity contribution is 0.101. The van der Waals surface area contributed by atoms with Crippen LogP contribution in [0.15, 0.2) is 42.5 Å². The van der Waals surface area contributed by atoms with Crippen molar-refractivity contribution in [3.05, 3.63) is 48.0 Å². The first kappa shape index (κ1) is 10.7. The van der Waals surface area contributed by atoms with Gasteiger partial charge in [0.25, 0.3) is 0 Å². The fraction of sp³-hybridized carbons (Fsp3) is 0.0833. The summed E-state index contributed by atoms with van der Waals surface area (Å²) in [6, 6.07) is 13.4. The smallest absolute Gasteiger partial charge is 0.191 e. The molecule has 0 radical (unpaired) electrons. The minimum absolute atomic E-state index is 0.103. The van der Waals surface area contributed by atoms with Gasteiger partial charge in [0, 0.05) is 5.56 Å². The number of hydrogen-bond acceptors (Lipinski definition) is 1. The second-order valence-corrected chi connectivity index (χ2v) is 5.07. The number of benzene rings is 2. The molecule has 1 atom stereocenters. The lowest BCUT2D eigenvalue weighted by atomic mass is 10.0. The standard InChI is InChI=1S/C12H8BrClO/c13-12(14)11(15)10-7-3-5-8-4-1-2-6-9(8)10/h1-7,12H. The topological polar surface area (TPSA) is 17.1 Å². The van der Waals surface area contributed by atoms with Crippen molar-refractivity contribution in [2.45, 2.75) is 4.29 Å². The van der Waals surface area contributed by atoms with E-state index < -0.39 is 4.29 Å². The van der Waals surface area contributed by atoms with Crippen molar-refractivity contribution in [3.63, 3.8) is 0 Å². The molecule has 76 valence electrons. The maximum absolute atomic E-state index is 11.8. The highest BCUT2D eigenvalue weighted by molar-refractivity contribution is 9.10. The van der Waals surface area contributed by atoms with Crippen molar-refractivity contribution >= 4 is 44.1 Å². The summed E-state index contributed by atoms with van der Waals surface area (Å²) in [4.78, 5) is 11.8. The Hall–Kier alpha value is -0.860. The first-order chi connectivity index (χ1) is 7.20. The van der Waals surface area contributed by atoms with E-state index in [1.807, 2.05) is 36.4 Å². The van der Waals surface area contributed by atoms with Crippen molar-refractivity contribution in [2.24, 2.45) is 0 Å². The van der Waals surface area contributed by atoms with E-state index >= 15 is 0 Å². The number of ketones is 1. The van der Waals surface area contributed by atoms with Gasteiger partial charge in [-0.15, -0.1) is 11.6 Å². The van der Waals surface area contributed by atoms with Crippen LogP contribution in [0.4, 0.5) is 0 Å². The van der Waals surface area contributed by atoms with E-state index in [9.17, 15) is 4.79 Å². The average Bonchev–Trinajstić information content (AvgIpc) is 2.27. The van der Waals surface area contributed by atoms with Crippen LogP contribution >= 0.6 is 27.5 Å². The van der Waals surface area contributed by atoms with Gasteiger partial charge >= 0.3 is 0 Å². The number of rotatable bonds is 2. The lowest BCUT2D eigenvalue weighted by Gasteiger charge is -2.05. The molecule has 15 heavy (non-hydrogen) atoms. The summed E-state index contributed by atoms with van der Waals surface area (Å²) < 4.78 is -0.664. The molecule has 0 bridgehead atoms. The SMILES string of the molecule is O=C(c1cccc2ccccc12)C(Cl)Br. The van der Waals surface area contributed by atoms with E-state index in [2.05, 4.69) is 15.9 Å². The van der Waals surface area contributed by atoms with Crippen LogP contribution < -0.4 is 0 Å². The maximum atomic E-state index is 11.8. The minimum Gasteiger partial charge on any atom is -0.291 e. The van der Waals surface area contributed by atoms with E-state index in [4.69, 9.17) is 11.6 Å². The van der Waals surface area contributed by atoms with Crippen molar-refractivity contribution in [1.82, 2.24) is 0 Å². The summed E-state index contributed by atoms with van der Waals surface area (Å²) in [6.07, 6.45) is 0. The third kappa shape index (κ3) is 2.06. The number of hydrogen-bond donors (Lipinski definition) is 0. The molecule has 0 N–H and O–H groups in total. The monoisotopic (exact) mass is 282 g/mol. The van der Waals surface area contributed by atoms with Gasteiger partial charge < -0.3 is 0 Å². The van der Waals surface area contributed by atoms with Crippen LogP contribution in [0.5, 0.6) is 0 Å². The highest BCUT2D eigenvalue weighted by atomic mass is 79.9. The van der Waals surface area contributed by atoms with Crippen LogP contribution in [0, 0.1) is 0 Å². The predicted octanol–water partition coefficient (Wildman–Crippen LogP) is 3.98. The number of carbonyl (C=O) groups excluding carboxylic acids is 1. The lowest BCUT2D eigenvalue weighted by Crippen LogP contribution is -2.07. The summed E-state index contributed by atoms with van der Waals surface area (Å²) in [5.41, 5.74) is 0.657. The third-order valence-corrected chi connectivity index (χ3v) is 2.87. The number of alkyl halides is 2. The Kier molecular flexibility index (Phi) is 3.08. The van der Waals surface area contributed by atoms with Crippen LogP contribution in [-0.4, -0.2) is 10.1 Å². The summed E-state index contributed by atoms with van der Waals surface area (Å²) in [5.74, 6) is -0.103. The molecule has 3 heteroatoms. The maximum Gasteiger partial charge on any atom is 0.191 e. The van der Waals surface area contributed by atoms with Crippen molar-refractivity contribution in [3.8, 4) is 0 Å². The third-order valence-electron chi connectivity index (χ3n) is 2.25. The molecule has 0 aliphatic rings. The molecule has 2 rings (SSSR count). The molecule has 2 aromatic carbocycles. The Labute approximate surface area is 101 Å². The fourth-order valence-corrected chi connectivity index (χ4v) is 1.92. The average molecular weight is 284 g/mol. The second-order valence-electron chi connectivity index (χ2n) is 3.19. The van der Waals surface area contributed by atoms with Crippen LogP contribution in [0.1, 0.15) is 10.4 Å². The van der Waals surface area contributed by atoms with Crippen molar-refractivity contribution in [2.75, 3.05) is 0 Å². The molecule has 2 aromatic rings. The Morgan fingerprint density at radius 2 is 1.80 bits per heavy atom. The van der Waals surface area contributed by atoms with E-state index in [-0.39, 0.29) is 5.78 Å². The quantitative estimate of drug-likeness (QED) is 0.602. The Morgan fingerprint density at radius 3 is 2.53 bits per heavy atom. The summed E-state index contributed by atoms with van der Waals surface area (Å²) in [6.45, 7) is 0. The normalized spacial score (nSPS) is 12.7. The molecule has 1 unspecified atom stereocenters. The Balaban J connectivity index is 2.66. The molecular weight excluding hydrogens is 275 g/mol. The second kappa shape index (κ2) is 4.33. The van der Waals surface area contributed by atoms with Gasteiger partial charge in [-0.3, -0.25) is 4.79 Å². The first-order valence-electron chi connectivity index (χ1n) is 4.50. The van der Waals surface area contributed by atoms with Gasteiger partial charge in [-0.25, -0.2) is 0 Å². The van der Waals surface area contributed by atoms with Gasteiger partial charge in [0.15, 0.2) is 10.1 Å². The van der Waals surface area contributed by atoms with Crippen LogP contribution in [-0.2, 0) is 0 Å². The van der Waals surface area contributed by atoms with Gasteiger partial charge in [0.1, 0.15) is 0 Å². The summed E-state index contributed by atoms with van der Waals surface area (Å²) in [7, 11) is 0. The molecule has 0 amide bonds. The number of carbonyl (C=O) groups is 1. The van der Waals surface area contributed by atoms with E-state index in [1.54, 1.807) is 6.07 Å². The fourth-order valence-electron chi connectivity index (χ4n) is 1.56. The van der Waals surface area contributed by atoms with Crippen molar-refractivity contribution in [1.29, 1.82) is 0 Å². The summed E-state index contributed by atoms with van der Waals surface area (Å²) in [5, 5.41) is 1.99. The van der Waals surface area contributed by atoms with E-state index in [0.29, 0.717) is 5.56 Å². The van der Waals surface area contributed by atoms with E-state index in [0.717, 1.165) is 10.8 Å². The highest BCUT2D eigenvalue weighted by Crippen LogP contribution is 2.22. The molecule has 0 heterocycles. The van der Waals surface area contributed by atoms with Crippen LogP contribution in [0.25, 0.3) is 10.8 Å². The zero-order chi connectivity index (χ0) is 10.8. The van der Waals surface area contributed by atoms with Gasteiger partial charge in [0.05, 0.1) is 0 Å². The molecule has 0 fully saturated rings. The number of halogens is 2. The Bertz CT molecular complexity index is 502. The molecule has 0 aliphatic heterocycles. The van der Waals surface area contributed by atoms with Crippen LogP contribution in [0.3, 0.4) is 0 Å². The molecule has 0 saturated carbocycles. The molecule has 0 spiro atoms. The van der Waals surface area contributed by atoms with Crippen molar-refractivity contribution < 1.29 is 4.79 Å². The Morgan fingerprint density at radius 1 is 1.13 bits per heavy atom. The highest BCUT2D eigenvalue weighted by Gasteiger charge is 2.15. The molecule has 1 nitrogen and oxygen atoms in total. The van der Waals surface area contributed by atoms with E-state index in [1.165, 1.54) is 0 Å². The molecule has 0 aliphatic carbocycles. The van der Waals surface area contributed by atoms with Gasteiger partial charge in [-0.1, -0.05) is 58.4 Å². The predicted molar refractivity (Wildman–Crippen MR) is 66.8 cm³/mol. The summed E-state index contributed by atoms with van der Waals surface area (Å²) >= 11 is 8.81. The largest absolute Gasteiger partial charge is 0.291 e. The molecule has 0 saturated heterocycles. The molecule has 0 aromatic heterocycles. The number of Topliss-reactive ketones (excluding diaryl/α,β-unsaturated/α-hetero) is 1. The zero-order valence-electron chi connectivity index (χ0n) is 7.78. The van der Waals surface area contributed by atoms with Gasteiger partial charge in [-0.2, -0.15) is 0 Å². The van der Waals surface area contributed by atoms with Crippen LogP contribution in [0.2, 0.25) is 0 Å². The minimum atomic E-state index is -0.664. The van der Waals surface area contributed by atoms with Gasteiger partial charge in [0.2, 0.25) is 0 Å².